The molecule has 0 unspecified atom stereocenters. The summed E-state index contributed by atoms with van der Waals surface area (Å²) in [5.74, 6) is -7.82. The van der Waals surface area contributed by atoms with Crippen LogP contribution in [0.5, 0.6) is 0 Å². The van der Waals surface area contributed by atoms with Crippen LogP contribution < -0.4 is 0 Å². The van der Waals surface area contributed by atoms with E-state index in [1.807, 2.05) is 0 Å². The van der Waals surface area contributed by atoms with Crippen molar-refractivity contribution in [2.45, 2.75) is 11.8 Å². The third kappa shape index (κ3) is 0.891. The Balaban J connectivity index is 2.75. The van der Waals surface area contributed by atoms with Crippen molar-refractivity contribution in [3.8, 4) is 0 Å². The molecule has 0 spiro atoms. The van der Waals surface area contributed by atoms with Gasteiger partial charge in [0, 0.05) is 0 Å². The molecule has 0 aliphatic carbocycles. The largest absolute Gasteiger partial charge is 0.652 e. The van der Waals surface area contributed by atoms with Crippen LogP contribution in [0.3, 0.4) is 0 Å². The fourth-order valence-electron chi connectivity index (χ4n) is 0.568. The molecule has 54 valence electrons. The zero-order chi connectivity index (χ0) is 7.12. The van der Waals surface area contributed by atoms with Crippen molar-refractivity contribution < 1.29 is 17.6 Å². The van der Waals surface area contributed by atoms with E-state index in [1.54, 1.807) is 0 Å². The van der Waals surface area contributed by atoms with E-state index in [1.165, 1.54) is 0 Å². The minimum atomic E-state index is -3.91. The third-order valence-electron chi connectivity index (χ3n) is 1.16. The first kappa shape index (κ1) is 6.80. The molecule has 1 fully saturated rings. The van der Waals surface area contributed by atoms with Crippen molar-refractivity contribution in [3.63, 3.8) is 0 Å². The predicted molar refractivity (Wildman–Crippen MR) is 23.0 cm³/mol. The molecule has 0 radical (unpaired) electrons. The summed E-state index contributed by atoms with van der Waals surface area (Å²) in [4.78, 5) is 0. The van der Waals surface area contributed by atoms with E-state index in [0.717, 1.165) is 0 Å². The number of halogens is 4. The quantitative estimate of drug-likeness (QED) is 0.456. The molecule has 0 N–H and O–H groups in total. The normalized spacial score (nSPS) is 30.7. The summed E-state index contributed by atoms with van der Waals surface area (Å²) in [5, 5.41) is 2.89. The van der Waals surface area contributed by atoms with Crippen molar-refractivity contribution in [2.75, 3.05) is 13.1 Å². The summed E-state index contributed by atoms with van der Waals surface area (Å²) in [7, 11) is 0. The van der Waals surface area contributed by atoms with Gasteiger partial charge in [0.1, 0.15) is 0 Å². The zero-order valence-electron chi connectivity index (χ0n) is 4.37. The van der Waals surface area contributed by atoms with Crippen molar-refractivity contribution in [3.05, 3.63) is 5.32 Å². The molecule has 0 amide bonds. The molecule has 0 saturated carbocycles. The molecule has 0 aromatic carbocycles. The van der Waals surface area contributed by atoms with Gasteiger partial charge in [-0.2, -0.15) is 0 Å². The van der Waals surface area contributed by atoms with E-state index in [0.29, 0.717) is 0 Å². The fraction of sp³-hybridized carbons (Fsp3) is 1.00. The van der Waals surface area contributed by atoms with Gasteiger partial charge in [0.15, 0.2) is 0 Å². The Morgan fingerprint density at radius 1 is 0.889 bits per heavy atom. The van der Waals surface area contributed by atoms with Crippen LogP contribution >= 0.6 is 0 Å². The SMILES string of the molecule is FC1(F)C[N-]CC1(F)F. The molecule has 0 atom stereocenters. The van der Waals surface area contributed by atoms with Crippen molar-refractivity contribution in [1.29, 1.82) is 0 Å². The first-order valence-corrected chi connectivity index (χ1v) is 2.35. The molecule has 1 rings (SSSR count). The monoisotopic (exact) mass is 142 g/mol. The molecule has 1 heterocycles. The van der Waals surface area contributed by atoms with Gasteiger partial charge in [-0.15, -0.1) is 0 Å². The summed E-state index contributed by atoms with van der Waals surface area (Å²) < 4.78 is 47.5. The lowest BCUT2D eigenvalue weighted by Gasteiger charge is -2.19. The van der Waals surface area contributed by atoms with Gasteiger partial charge in [-0.05, 0) is 0 Å². The molecule has 9 heavy (non-hydrogen) atoms. The average Bonchev–Trinajstić information content (AvgIpc) is 1.81. The minimum Gasteiger partial charge on any atom is -0.652 e. The second kappa shape index (κ2) is 1.59. The fourth-order valence-corrected chi connectivity index (χ4v) is 0.568. The second-order valence-corrected chi connectivity index (χ2v) is 1.95. The number of hydrogen-bond donors (Lipinski definition) is 0. The van der Waals surface area contributed by atoms with Crippen LogP contribution in [0.2, 0.25) is 0 Å². The van der Waals surface area contributed by atoms with E-state index in [9.17, 15) is 17.6 Å². The molecule has 5 heteroatoms. The van der Waals surface area contributed by atoms with Gasteiger partial charge >= 0.3 is 0 Å². The maximum atomic E-state index is 11.9. The lowest BCUT2D eigenvalue weighted by Crippen LogP contribution is -2.38. The van der Waals surface area contributed by atoms with E-state index in [4.69, 9.17) is 0 Å². The van der Waals surface area contributed by atoms with Gasteiger partial charge in [-0.1, -0.05) is 13.1 Å². The average molecular weight is 142 g/mol. The van der Waals surface area contributed by atoms with Gasteiger partial charge in [0.2, 0.25) is 0 Å². The standard InChI is InChI=1S/C4H4F4N/c5-3(6)1-9-2-4(3,7)8/h1-2H2/q-1. The highest BCUT2D eigenvalue weighted by Crippen LogP contribution is 2.41. The van der Waals surface area contributed by atoms with Crippen LogP contribution in [-0.4, -0.2) is 24.9 Å². The highest BCUT2D eigenvalue weighted by Gasteiger charge is 2.53. The van der Waals surface area contributed by atoms with Crippen molar-refractivity contribution >= 4 is 0 Å². The highest BCUT2D eigenvalue weighted by molar-refractivity contribution is 5.09. The van der Waals surface area contributed by atoms with E-state index in [2.05, 4.69) is 5.32 Å². The Hall–Kier alpha value is -0.320. The lowest BCUT2D eigenvalue weighted by atomic mass is 10.2. The molecular formula is C4H4F4N-. The van der Waals surface area contributed by atoms with Crippen LogP contribution in [0.4, 0.5) is 17.6 Å². The Morgan fingerprint density at radius 3 is 1.33 bits per heavy atom. The maximum absolute atomic E-state index is 11.9. The smallest absolute Gasteiger partial charge is 0.290 e. The molecule has 1 aliphatic heterocycles. The second-order valence-electron chi connectivity index (χ2n) is 1.95. The molecule has 1 nitrogen and oxygen atoms in total. The van der Waals surface area contributed by atoms with Gasteiger partial charge in [0.05, 0.1) is 0 Å². The van der Waals surface area contributed by atoms with Gasteiger partial charge in [-0.3, -0.25) is 0 Å². The Kier molecular flexibility index (Phi) is 1.20. The summed E-state index contributed by atoms with van der Waals surface area (Å²) >= 11 is 0. The maximum Gasteiger partial charge on any atom is 0.290 e. The van der Waals surface area contributed by atoms with Crippen LogP contribution in [0.1, 0.15) is 0 Å². The van der Waals surface area contributed by atoms with Crippen LogP contribution in [-0.2, 0) is 0 Å². The molecular weight excluding hydrogens is 138 g/mol. The number of rotatable bonds is 0. The van der Waals surface area contributed by atoms with Gasteiger partial charge < -0.3 is 5.32 Å². The molecule has 1 saturated heterocycles. The summed E-state index contributed by atoms with van der Waals surface area (Å²) in [6.45, 7) is -2.08. The van der Waals surface area contributed by atoms with Crippen LogP contribution in [0.15, 0.2) is 0 Å². The number of nitrogens with zero attached hydrogens (tertiary/aromatic N) is 1. The Labute approximate surface area is 49.0 Å². The number of alkyl halides is 4. The molecule has 0 aromatic rings. The topological polar surface area (TPSA) is 14.1 Å². The predicted octanol–water partition coefficient (Wildman–Crippen LogP) is 1.64. The first-order valence-electron chi connectivity index (χ1n) is 2.35. The highest BCUT2D eigenvalue weighted by atomic mass is 19.3. The Morgan fingerprint density at radius 2 is 1.22 bits per heavy atom. The Bertz CT molecular complexity index is 108. The van der Waals surface area contributed by atoms with Crippen molar-refractivity contribution in [1.82, 2.24) is 0 Å². The number of hydrogen-bond acceptors (Lipinski definition) is 0. The van der Waals surface area contributed by atoms with Crippen LogP contribution in [0.25, 0.3) is 5.32 Å². The zero-order valence-corrected chi connectivity index (χ0v) is 4.37. The third-order valence-corrected chi connectivity index (χ3v) is 1.16. The minimum absolute atomic E-state index is 1.04. The first-order chi connectivity index (χ1) is 3.96. The van der Waals surface area contributed by atoms with E-state index < -0.39 is 24.9 Å². The van der Waals surface area contributed by atoms with Gasteiger partial charge in [0.25, 0.3) is 11.8 Å². The molecule has 0 bridgehead atoms. The van der Waals surface area contributed by atoms with Gasteiger partial charge in [-0.25, -0.2) is 17.6 Å². The molecule has 1 aliphatic rings. The summed E-state index contributed by atoms with van der Waals surface area (Å²) in [6, 6.07) is 0. The summed E-state index contributed by atoms with van der Waals surface area (Å²) in [6.07, 6.45) is 0. The lowest BCUT2D eigenvalue weighted by molar-refractivity contribution is -0.172. The summed E-state index contributed by atoms with van der Waals surface area (Å²) in [5.41, 5.74) is 0. The molecule has 0 aromatic heterocycles. The van der Waals surface area contributed by atoms with E-state index >= 15 is 0 Å². The van der Waals surface area contributed by atoms with Crippen LogP contribution in [0, 0.1) is 0 Å². The van der Waals surface area contributed by atoms with E-state index in [-0.39, 0.29) is 0 Å². The van der Waals surface area contributed by atoms with Crippen molar-refractivity contribution in [2.24, 2.45) is 0 Å².